The molecular weight excluding hydrogens is 404 g/mol. The number of nitrogens with zero attached hydrogens (tertiary/aromatic N) is 2. The summed E-state index contributed by atoms with van der Waals surface area (Å²) in [6, 6.07) is 5.50. The molecule has 1 heterocycles. The van der Waals surface area contributed by atoms with Crippen LogP contribution in [0.4, 0.5) is 5.69 Å². The Morgan fingerprint density at radius 1 is 1.44 bits per heavy atom. The Balaban J connectivity index is 2.17. The molecule has 0 amide bonds. The van der Waals surface area contributed by atoms with E-state index in [1.54, 1.807) is 18.3 Å². The van der Waals surface area contributed by atoms with Crippen molar-refractivity contribution in [1.82, 2.24) is 4.98 Å². The summed E-state index contributed by atoms with van der Waals surface area (Å²) in [6.07, 6.45) is 1.73. The van der Waals surface area contributed by atoms with Crippen LogP contribution in [0.25, 0.3) is 0 Å². The van der Waals surface area contributed by atoms with Crippen molar-refractivity contribution in [1.29, 1.82) is 5.26 Å². The van der Waals surface area contributed by atoms with Gasteiger partial charge in [0.15, 0.2) is 4.47 Å². The van der Waals surface area contributed by atoms with E-state index in [1.807, 2.05) is 0 Å². The summed E-state index contributed by atoms with van der Waals surface area (Å²) < 4.78 is 1.43. The normalized spacial score (nSPS) is 10.1. The van der Waals surface area contributed by atoms with Gasteiger partial charge in [0.2, 0.25) is 0 Å². The van der Waals surface area contributed by atoms with Gasteiger partial charge in [-0.15, -0.1) is 11.3 Å². The highest BCUT2D eigenvalue weighted by Gasteiger charge is 2.08. The largest absolute Gasteiger partial charge is 0.378 e. The fraction of sp³-hybridized carbons (Fsp3) is 0.0909. The Morgan fingerprint density at radius 2 is 2.22 bits per heavy atom. The summed E-state index contributed by atoms with van der Waals surface area (Å²) in [5.41, 5.74) is 1.37. The zero-order valence-electron chi connectivity index (χ0n) is 8.88. The van der Waals surface area contributed by atoms with Crippen molar-refractivity contribution in [3.05, 3.63) is 41.8 Å². The highest BCUT2D eigenvalue weighted by atomic mass is 127. The molecule has 0 bridgehead atoms. The molecule has 0 aliphatic carbocycles. The minimum Gasteiger partial charge on any atom is -0.378 e. The number of hydrogen-bond acceptors (Lipinski definition) is 4. The van der Waals surface area contributed by atoms with Crippen LogP contribution < -0.4 is 5.32 Å². The van der Waals surface area contributed by atoms with E-state index in [9.17, 15) is 0 Å². The first-order valence-corrected chi connectivity index (χ1v) is 7.48. The highest BCUT2D eigenvalue weighted by Crippen LogP contribution is 2.30. The Hall–Kier alpha value is -0.550. The average Bonchev–Trinajstić information content (AvgIpc) is 2.73. The highest BCUT2D eigenvalue weighted by molar-refractivity contribution is 14.1. The van der Waals surface area contributed by atoms with Crippen molar-refractivity contribution in [3.8, 4) is 6.07 Å². The predicted octanol–water partition coefficient (Wildman–Crippen LogP) is 4.54. The Morgan fingerprint density at radius 3 is 2.78 bits per heavy atom. The smallest absolute Gasteiger partial charge is 0.183 e. The number of rotatable bonds is 3. The topological polar surface area (TPSA) is 48.7 Å². The van der Waals surface area contributed by atoms with Crippen molar-refractivity contribution < 1.29 is 0 Å². The van der Waals surface area contributed by atoms with Crippen LogP contribution in [0.5, 0.6) is 0 Å². The minimum absolute atomic E-state index is 0.521. The van der Waals surface area contributed by atoms with Gasteiger partial charge in [0.1, 0.15) is 0 Å². The van der Waals surface area contributed by atoms with Crippen molar-refractivity contribution in [2.45, 2.75) is 6.54 Å². The van der Waals surface area contributed by atoms with Crippen LogP contribution in [0.3, 0.4) is 0 Å². The Labute approximate surface area is 132 Å². The maximum Gasteiger partial charge on any atom is 0.183 e. The Bertz CT molecular complexity index is 598. The first-order chi connectivity index (χ1) is 8.60. The molecule has 92 valence electrons. The van der Waals surface area contributed by atoms with E-state index in [-0.39, 0.29) is 0 Å². The van der Waals surface area contributed by atoms with Crippen molar-refractivity contribution in [2.75, 3.05) is 5.32 Å². The number of thiazole rings is 1. The van der Waals surface area contributed by atoms with E-state index in [4.69, 9.17) is 28.5 Å². The summed E-state index contributed by atoms with van der Waals surface area (Å²) in [6.45, 7) is 0.603. The van der Waals surface area contributed by atoms with Gasteiger partial charge in [-0.3, -0.25) is 0 Å². The number of nitrogens with one attached hydrogen (secondary N) is 1. The second-order valence-corrected chi connectivity index (χ2v) is 6.63. The number of halogens is 3. The summed E-state index contributed by atoms with van der Waals surface area (Å²) in [7, 11) is 0. The van der Waals surface area contributed by atoms with Crippen molar-refractivity contribution in [2.24, 2.45) is 0 Å². The van der Waals surface area contributed by atoms with Gasteiger partial charge in [-0.05, 0) is 34.7 Å². The van der Waals surface area contributed by atoms with Crippen LogP contribution in [0.15, 0.2) is 18.3 Å². The summed E-state index contributed by atoms with van der Waals surface area (Å²) in [5.74, 6) is 0. The number of nitriles is 1. The molecule has 0 saturated heterocycles. The number of anilines is 1. The van der Waals surface area contributed by atoms with Crippen molar-refractivity contribution >= 4 is 62.8 Å². The lowest BCUT2D eigenvalue weighted by Gasteiger charge is -2.09. The SMILES string of the molecule is N#Cc1cc(Cl)c(NCc2cnc(Cl)s2)c(I)c1. The third-order valence-electron chi connectivity index (χ3n) is 2.14. The van der Waals surface area contributed by atoms with Gasteiger partial charge >= 0.3 is 0 Å². The molecule has 0 aliphatic heterocycles. The predicted molar refractivity (Wildman–Crippen MR) is 83.3 cm³/mol. The van der Waals surface area contributed by atoms with E-state index >= 15 is 0 Å². The lowest BCUT2D eigenvalue weighted by atomic mass is 10.2. The van der Waals surface area contributed by atoms with Gasteiger partial charge in [-0.1, -0.05) is 23.2 Å². The molecule has 0 spiro atoms. The van der Waals surface area contributed by atoms with Gasteiger partial charge in [0, 0.05) is 14.6 Å². The molecule has 1 aromatic heterocycles. The van der Waals surface area contributed by atoms with Crippen LogP contribution in [-0.2, 0) is 6.54 Å². The molecule has 0 unspecified atom stereocenters. The maximum atomic E-state index is 8.83. The summed E-state index contributed by atoms with van der Waals surface area (Å²) in [4.78, 5) is 4.99. The Kier molecular flexibility index (Phi) is 4.67. The summed E-state index contributed by atoms with van der Waals surface area (Å²) in [5, 5.41) is 12.6. The fourth-order valence-corrected chi connectivity index (χ4v) is 3.53. The molecule has 1 N–H and O–H groups in total. The molecule has 7 heteroatoms. The standard InChI is InChI=1S/C11H6Cl2IN3S/c12-8-1-6(3-15)2-9(14)10(8)16-4-7-5-17-11(13)18-7/h1-2,5,16H,4H2. The second kappa shape index (κ2) is 6.06. The van der Waals surface area contributed by atoms with Crippen LogP contribution in [-0.4, -0.2) is 4.98 Å². The van der Waals surface area contributed by atoms with Gasteiger partial charge in [-0.2, -0.15) is 5.26 Å². The zero-order chi connectivity index (χ0) is 13.1. The lowest BCUT2D eigenvalue weighted by molar-refractivity contribution is 1.17. The van der Waals surface area contributed by atoms with Gasteiger partial charge in [0.25, 0.3) is 0 Å². The lowest BCUT2D eigenvalue weighted by Crippen LogP contribution is -2.00. The zero-order valence-corrected chi connectivity index (χ0v) is 13.4. The molecular formula is C11H6Cl2IN3S. The molecule has 1 aromatic carbocycles. The number of aromatic nitrogens is 1. The number of hydrogen-bond donors (Lipinski definition) is 1. The maximum absolute atomic E-state index is 8.83. The van der Waals surface area contributed by atoms with Gasteiger partial charge < -0.3 is 5.32 Å². The van der Waals surface area contributed by atoms with Gasteiger partial charge in [0.05, 0.1) is 28.9 Å². The van der Waals surface area contributed by atoms with E-state index in [1.165, 1.54) is 11.3 Å². The summed E-state index contributed by atoms with van der Waals surface area (Å²) >= 11 is 15.5. The second-order valence-electron chi connectivity index (χ2n) is 3.36. The molecule has 0 aliphatic rings. The van der Waals surface area contributed by atoms with Crippen LogP contribution in [0, 0.1) is 14.9 Å². The monoisotopic (exact) mass is 409 g/mol. The van der Waals surface area contributed by atoms with Gasteiger partial charge in [-0.25, -0.2) is 4.98 Å². The third kappa shape index (κ3) is 3.26. The number of benzene rings is 1. The van der Waals surface area contributed by atoms with Crippen LogP contribution >= 0.6 is 57.1 Å². The molecule has 18 heavy (non-hydrogen) atoms. The molecule has 0 radical (unpaired) electrons. The molecule has 2 rings (SSSR count). The molecule has 3 nitrogen and oxygen atoms in total. The van der Waals surface area contributed by atoms with E-state index < -0.39 is 0 Å². The molecule has 0 fully saturated rings. The third-order valence-corrected chi connectivity index (χ3v) is 4.40. The molecule has 0 saturated carbocycles. The first kappa shape index (κ1) is 13.9. The quantitative estimate of drug-likeness (QED) is 0.757. The van der Waals surface area contributed by atoms with E-state index in [2.05, 4.69) is 39.0 Å². The van der Waals surface area contributed by atoms with E-state index in [0.717, 1.165) is 14.1 Å². The first-order valence-electron chi connectivity index (χ1n) is 4.83. The average molecular weight is 410 g/mol. The van der Waals surface area contributed by atoms with Crippen molar-refractivity contribution in [3.63, 3.8) is 0 Å². The fourth-order valence-electron chi connectivity index (χ4n) is 1.35. The molecule has 0 atom stereocenters. The van der Waals surface area contributed by atoms with E-state index in [0.29, 0.717) is 21.6 Å². The minimum atomic E-state index is 0.521. The van der Waals surface area contributed by atoms with Crippen LogP contribution in [0.2, 0.25) is 9.49 Å². The van der Waals surface area contributed by atoms with Crippen LogP contribution in [0.1, 0.15) is 10.4 Å². The molecule has 2 aromatic rings.